The highest BCUT2D eigenvalue weighted by Crippen LogP contribution is 2.33. The third-order valence-electron chi connectivity index (χ3n) is 2.68. The molecule has 0 aliphatic rings. The van der Waals surface area contributed by atoms with Crippen molar-refractivity contribution in [1.29, 1.82) is 0 Å². The van der Waals surface area contributed by atoms with Crippen LogP contribution in [0.25, 0.3) is 0 Å². The van der Waals surface area contributed by atoms with Crippen molar-refractivity contribution in [2.75, 3.05) is 0 Å². The molecule has 2 aromatic rings. The van der Waals surface area contributed by atoms with Gasteiger partial charge in [0.2, 0.25) is 0 Å². The zero-order valence-corrected chi connectivity index (χ0v) is 12.6. The summed E-state index contributed by atoms with van der Waals surface area (Å²) in [6, 6.07) is 7.47. The van der Waals surface area contributed by atoms with Crippen LogP contribution in [-0.4, -0.2) is 0 Å². The summed E-state index contributed by atoms with van der Waals surface area (Å²) in [5.74, 6) is 0.00623. The van der Waals surface area contributed by atoms with E-state index in [0.29, 0.717) is 31.9 Å². The van der Waals surface area contributed by atoms with Crippen molar-refractivity contribution in [2.45, 2.75) is 13.2 Å². The molecule has 0 aliphatic carbocycles. The summed E-state index contributed by atoms with van der Waals surface area (Å²) in [7, 11) is 0. The lowest BCUT2D eigenvalue weighted by Crippen LogP contribution is -2.04. The number of rotatable bonds is 4. The van der Waals surface area contributed by atoms with Crippen molar-refractivity contribution >= 4 is 34.8 Å². The summed E-state index contributed by atoms with van der Waals surface area (Å²) < 4.78 is 19.2. The van der Waals surface area contributed by atoms with Crippen LogP contribution in [0.15, 0.2) is 30.3 Å². The van der Waals surface area contributed by atoms with Gasteiger partial charge in [0, 0.05) is 27.7 Å². The minimum absolute atomic E-state index is 0.000740. The first-order valence-corrected chi connectivity index (χ1v) is 6.89. The third-order valence-corrected chi connectivity index (χ3v) is 3.42. The predicted molar refractivity (Wildman–Crippen MR) is 80.1 cm³/mol. The molecule has 0 atom stereocenters. The van der Waals surface area contributed by atoms with Crippen molar-refractivity contribution in [3.05, 3.63) is 62.3 Å². The molecule has 0 unspecified atom stereocenters. The van der Waals surface area contributed by atoms with Gasteiger partial charge in [0.1, 0.15) is 18.2 Å². The molecule has 106 valence electrons. The lowest BCUT2D eigenvalue weighted by atomic mass is 10.2. The SMILES string of the molecule is NCc1cc(Cl)cc(Cl)c1OCc1cc(Cl)ccc1F. The molecule has 0 fully saturated rings. The van der Waals surface area contributed by atoms with Crippen LogP contribution in [0.4, 0.5) is 4.39 Å². The van der Waals surface area contributed by atoms with Crippen LogP contribution >= 0.6 is 34.8 Å². The highest BCUT2D eigenvalue weighted by Gasteiger charge is 2.11. The van der Waals surface area contributed by atoms with Gasteiger partial charge < -0.3 is 10.5 Å². The van der Waals surface area contributed by atoms with Gasteiger partial charge in [-0.25, -0.2) is 4.39 Å². The van der Waals surface area contributed by atoms with Crippen molar-refractivity contribution < 1.29 is 9.13 Å². The van der Waals surface area contributed by atoms with Crippen LogP contribution in [0.5, 0.6) is 5.75 Å². The van der Waals surface area contributed by atoms with Gasteiger partial charge in [0.15, 0.2) is 0 Å². The second-order valence-electron chi connectivity index (χ2n) is 4.10. The third kappa shape index (κ3) is 3.55. The summed E-state index contributed by atoms with van der Waals surface area (Å²) in [5, 5.41) is 1.24. The molecule has 0 spiro atoms. The molecule has 0 radical (unpaired) electrons. The number of nitrogens with two attached hydrogens (primary N) is 1. The van der Waals surface area contributed by atoms with Crippen LogP contribution < -0.4 is 10.5 Å². The molecule has 2 rings (SSSR count). The first kappa shape index (κ1) is 15.4. The Bertz CT molecular complexity index is 634. The Morgan fingerprint density at radius 3 is 2.40 bits per heavy atom. The summed E-state index contributed by atoms with van der Waals surface area (Å²) in [5.41, 5.74) is 6.62. The molecular formula is C14H11Cl3FNO. The minimum Gasteiger partial charge on any atom is -0.487 e. The molecular weight excluding hydrogens is 324 g/mol. The van der Waals surface area contributed by atoms with Crippen molar-refractivity contribution in [1.82, 2.24) is 0 Å². The van der Waals surface area contributed by atoms with E-state index in [9.17, 15) is 4.39 Å². The van der Waals surface area contributed by atoms with E-state index >= 15 is 0 Å². The van der Waals surface area contributed by atoms with E-state index in [0.717, 1.165) is 0 Å². The zero-order chi connectivity index (χ0) is 14.7. The van der Waals surface area contributed by atoms with Crippen LogP contribution in [0.1, 0.15) is 11.1 Å². The number of halogens is 4. The van der Waals surface area contributed by atoms with Crippen molar-refractivity contribution in [2.24, 2.45) is 5.73 Å². The van der Waals surface area contributed by atoms with Gasteiger partial charge in [-0.1, -0.05) is 34.8 Å². The quantitative estimate of drug-likeness (QED) is 0.869. The Morgan fingerprint density at radius 1 is 1.00 bits per heavy atom. The number of benzene rings is 2. The van der Waals surface area contributed by atoms with E-state index in [-0.39, 0.29) is 13.2 Å². The van der Waals surface area contributed by atoms with Gasteiger partial charge in [-0.3, -0.25) is 0 Å². The van der Waals surface area contributed by atoms with E-state index in [1.807, 2.05) is 0 Å². The van der Waals surface area contributed by atoms with E-state index in [1.165, 1.54) is 18.2 Å². The van der Waals surface area contributed by atoms with Gasteiger partial charge in [0.25, 0.3) is 0 Å². The lowest BCUT2D eigenvalue weighted by molar-refractivity contribution is 0.297. The molecule has 2 nitrogen and oxygen atoms in total. The van der Waals surface area contributed by atoms with Gasteiger partial charge in [-0.2, -0.15) is 0 Å². The van der Waals surface area contributed by atoms with Crippen molar-refractivity contribution in [3.8, 4) is 5.75 Å². The van der Waals surface area contributed by atoms with E-state index in [4.69, 9.17) is 45.3 Å². The molecule has 2 N–H and O–H groups in total. The van der Waals surface area contributed by atoms with Gasteiger partial charge >= 0.3 is 0 Å². The maximum absolute atomic E-state index is 13.6. The standard InChI is InChI=1S/C14H11Cl3FNO/c15-10-1-2-13(18)9(4-10)7-20-14-8(6-19)3-11(16)5-12(14)17/h1-5H,6-7,19H2. The van der Waals surface area contributed by atoms with E-state index < -0.39 is 5.82 Å². The first-order chi connectivity index (χ1) is 9.51. The fourth-order valence-electron chi connectivity index (χ4n) is 1.73. The van der Waals surface area contributed by atoms with Gasteiger partial charge in [-0.15, -0.1) is 0 Å². The normalized spacial score (nSPS) is 10.7. The second kappa shape index (κ2) is 6.64. The Labute approximate surface area is 131 Å². The van der Waals surface area contributed by atoms with Crippen molar-refractivity contribution in [3.63, 3.8) is 0 Å². The predicted octanol–water partition coefficient (Wildman–Crippen LogP) is 4.82. The molecule has 0 aliphatic heterocycles. The fourth-order valence-corrected chi connectivity index (χ4v) is 2.52. The summed E-state index contributed by atoms with van der Waals surface area (Å²) in [6.07, 6.45) is 0. The van der Waals surface area contributed by atoms with Gasteiger partial charge in [0.05, 0.1) is 5.02 Å². The Balaban J connectivity index is 2.25. The topological polar surface area (TPSA) is 35.2 Å². The van der Waals surface area contributed by atoms with E-state index in [1.54, 1.807) is 12.1 Å². The van der Waals surface area contributed by atoms with E-state index in [2.05, 4.69) is 0 Å². The Hall–Kier alpha value is -1.00. The molecule has 0 bridgehead atoms. The van der Waals surface area contributed by atoms with Gasteiger partial charge in [-0.05, 0) is 30.3 Å². The summed E-state index contributed by atoms with van der Waals surface area (Å²) >= 11 is 17.8. The van der Waals surface area contributed by atoms with Crippen LogP contribution in [0.3, 0.4) is 0 Å². The molecule has 0 heterocycles. The highest BCUT2D eigenvalue weighted by atomic mass is 35.5. The maximum Gasteiger partial charge on any atom is 0.142 e. The monoisotopic (exact) mass is 333 g/mol. The Kier molecular flexibility index (Phi) is 5.11. The number of hydrogen-bond acceptors (Lipinski definition) is 2. The molecule has 6 heteroatoms. The number of hydrogen-bond donors (Lipinski definition) is 1. The smallest absolute Gasteiger partial charge is 0.142 e. The lowest BCUT2D eigenvalue weighted by Gasteiger charge is -2.13. The summed E-state index contributed by atoms with van der Waals surface area (Å²) in [6.45, 7) is 0.217. The highest BCUT2D eigenvalue weighted by molar-refractivity contribution is 6.35. The molecule has 2 aromatic carbocycles. The van der Waals surface area contributed by atoms with Crippen LogP contribution in [0.2, 0.25) is 15.1 Å². The summed E-state index contributed by atoms with van der Waals surface area (Å²) in [4.78, 5) is 0. The molecule has 0 amide bonds. The average Bonchev–Trinajstić information content (AvgIpc) is 2.40. The minimum atomic E-state index is -0.395. The Morgan fingerprint density at radius 2 is 1.70 bits per heavy atom. The molecule has 0 saturated heterocycles. The fraction of sp³-hybridized carbons (Fsp3) is 0.143. The molecule has 20 heavy (non-hydrogen) atoms. The van der Waals surface area contributed by atoms with Crippen LogP contribution in [0, 0.1) is 5.82 Å². The first-order valence-electron chi connectivity index (χ1n) is 5.76. The second-order valence-corrected chi connectivity index (χ2v) is 5.38. The number of ether oxygens (including phenoxy) is 1. The molecule has 0 saturated carbocycles. The average molecular weight is 335 g/mol. The van der Waals surface area contributed by atoms with Crippen LogP contribution in [-0.2, 0) is 13.2 Å². The molecule has 0 aromatic heterocycles. The largest absolute Gasteiger partial charge is 0.487 e. The maximum atomic E-state index is 13.6. The zero-order valence-electron chi connectivity index (χ0n) is 10.3.